The predicted octanol–water partition coefficient (Wildman–Crippen LogP) is 2.74. The van der Waals surface area contributed by atoms with Crippen molar-refractivity contribution in [1.29, 1.82) is 0 Å². The largest absolute Gasteiger partial charge is 0.481 e. The molecule has 0 aromatic heterocycles. The molecule has 3 amide bonds. The van der Waals surface area contributed by atoms with Crippen LogP contribution in [0.2, 0.25) is 0 Å². The highest BCUT2D eigenvalue weighted by molar-refractivity contribution is 5.87. The number of carboxylic acid groups (broad SMARTS) is 1. The molecule has 3 rings (SSSR count). The van der Waals surface area contributed by atoms with Gasteiger partial charge in [0.2, 0.25) is 11.8 Å². The van der Waals surface area contributed by atoms with Gasteiger partial charge in [-0.05, 0) is 42.5 Å². The lowest BCUT2D eigenvalue weighted by molar-refractivity contribution is -0.138. The lowest BCUT2D eigenvalue weighted by Crippen LogP contribution is -2.46. The quantitative estimate of drug-likeness (QED) is 0.453. The van der Waals surface area contributed by atoms with Crippen molar-refractivity contribution in [3.8, 4) is 11.1 Å². The molecule has 0 atom stereocenters. The number of hydrogen-bond donors (Lipinski definition) is 3. The summed E-state index contributed by atoms with van der Waals surface area (Å²) in [5, 5.41) is 13.7. The van der Waals surface area contributed by atoms with Gasteiger partial charge < -0.3 is 25.4 Å². The zero-order valence-electron chi connectivity index (χ0n) is 20.0. The van der Waals surface area contributed by atoms with Crippen molar-refractivity contribution in [3.05, 3.63) is 59.7 Å². The average molecular weight is 482 g/mol. The summed E-state index contributed by atoms with van der Waals surface area (Å²) in [6, 6.07) is 15.9. The molecule has 3 N–H and O–H groups in total. The van der Waals surface area contributed by atoms with E-state index in [-0.39, 0.29) is 50.5 Å². The van der Waals surface area contributed by atoms with Crippen LogP contribution in [0.25, 0.3) is 11.1 Å². The van der Waals surface area contributed by atoms with Gasteiger partial charge in [0.1, 0.15) is 13.2 Å². The molecule has 0 aliphatic heterocycles. The summed E-state index contributed by atoms with van der Waals surface area (Å²) in [5.74, 6) is -1.85. The summed E-state index contributed by atoms with van der Waals surface area (Å²) >= 11 is 0. The van der Waals surface area contributed by atoms with Crippen LogP contribution in [0.5, 0.6) is 0 Å². The molecule has 1 aliphatic rings. The first-order valence-electron chi connectivity index (χ1n) is 11.6. The van der Waals surface area contributed by atoms with Crippen molar-refractivity contribution in [1.82, 2.24) is 15.5 Å². The molecule has 2 aromatic carbocycles. The Morgan fingerprint density at radius 2 is 1.54 bits per heavy atom. The second kappa shape index (κ2) is 12.0. The van der Waals surface area contributed by atoms with E-state index in [1.165, 1.54) is 4.90 Å². The number of carbonyl (C=O) groups is 4. The van der Waals surface area contributed by atoms with Crippen LogP contribution in [0.3, 0.4) is 0 Å². The summed E-state index contributed by atoms with van der Waals surface area (Å²) in [4.78, 5) is 48.9. The zero-order valence-corrected chi connectivity index (χ0v) is 20.0. The molecule has 0 spiro atoms. The minimum absolute atomic E-state index is 0.0348. The third kappa shape index (κ3) is 6.81. The number of rotatable bonds is 11. The normalized spacial score (nSPS) is 12.0. The topological polar surface area (TPSA) is 125 Å². The minimum Gasteiger partial charge on any atom is -0.481 e. The molecule has 186 valence electrons. The maximum Gasteiger partial charge on any atom is 0.407 e. The summed E-state index contributed by atoms with van der Waals surface area (Å²) in [5.41, 5.74) is 4.44. The van der Waals surface area contributed by atoms with Gasteiger partial charge in [0, 0.05) is 24.9 Å². The van der Waals surface area contributed by atoms with Crippen molar-refractivity contribution in [3.63, 3.8) is 0 Å². The minimum atomic E-state index is -0.922. The molecule has 0 radical (unpaired) electrons. The summed E-state index contributed by atoms with van der Waals surface area (Å²) in [7, 11) is 0. The number of nitrogens with zero attached hydrogens (tertiary/aromatic N) is 1. The highest BCUT2D eigenvalue weighted by Crippen LogP contribution is 2.44. The number of nitrogens with one attached hydrogen (secondary N) is 2. The van der Waals surface area contributed by atoms with Crippen molar-refractivity contribution in [2.75, 3.05) is 26.2 Å². The molecule has 0 unspecified atom stereocenters. The Hall–Kier alpha value is -3.88. The van der Waals surface area contributed by atoms with Crippen molar-refractivity contribution < 1.29 is 29.0 Å². The number of hydrogen-bond acceptors (Lipinski definition) is 5. The first-order valence-corrected chi connectivity index (χ1v) is 11.6. The number of aliphatic carboxylic acids is 1. The first kappa shape index (κ1) is 25.7. The van der Waals surface area contributed by atoms with Gasteiger partial charge in [-0.1, -0.05) is 48.5 Å². The lowest BCUT2D eigenvalue weighted by atomic mass is 9.98. The Bertz CT molecular complexity index is 1040. The summed E-state index contributed by atoms with van der Waals surface area (Å²) in [6.07, 6.45) is -0.422. The fraction of sp³-hybridized carbons (Fsp3) is 0.385. The highest BCUT2D eigenvalue weighted by Gasteiger charge is 2.29. The van der Waals surface area contributed by atoms with Crippen LogP contribution in [-0.2, 0) is 19.1 Å². The lowest BCUT2D eigenvalue weighted by Gasteiger charge is -2.26. The van der Waals surface area contributed by atoms with Crippen LogP contribution in [0.1, 0.15) is 43.7 Å². The molecule has 1 aliphatic carbocycles. The van der Waals surface area contributed by atoms with Crippen LogP contribution < -0.4 is 10.6 Å². The van der Waals surface area contributed by atoms with E-state index in [4.69, 9.17) is 9.84 Å². The van der Waals surface area contributed by atoms with E-state index in [1.54, 1.807) is 0 Å². The number of carbonyl (C=O) groups excluding carboxylic acids is 3. The van der Waals surface area contributed by atoms with E-state index >= 15 is 0 Å². The van der Waals surface area contributed by atoms with Gasteiger partial charge in [-0.3, -0.25) is 14.4 Å². The molecule has 9 heteroatoms. The molecule has 9 nitrogen and oxygen atoms in total. The van der Waals surface area contributed by atoms with E-state index in [0.29, 0.717) is 6.42 Å². The maximum absolute atomic E-state index is 12.4. The molecule has 35 heavy (non-hydrogen) atoms. The molecule has 0 fully saturated rings. The SMILES string of the molecule is CC(C)N(CCCC(=O)O)C(=O)CNC(=O)CNC(=O)OCC1c2ccccc2-c2ccccc21. The Kier molecular flexibility index (Phi) is 8.83. The predicted molar refractivity (Wildman–Crippen MR) is 130 cm³/mol. The van der Waals surface area contributed by atoms with Crippen molar-refractivity contribution in [2.24, 2.45) is 0 Å². The van der Waals surface area contributed by atoms with Crippen molar-refractivity contribution in [2.45, 2.75) is 38.6 Å². The van der Waals surface area contributed by atoms with Crippen LogP contribution >= 0.6 is 0 Å². The van der Waals surface area contributed by atoms with E-state index < -0.39 is 18.0 Å². The van der Waals surface area contributed by atoms with Gasteiger partial charge in [-0.2, -0.15) is 0 Å². The molecular weight excluding hydrogens is 450 g/mol. The summed E-state index contributed by atoms with van der Waals surface area (Å²) < 4.78 is 5.40. The number of carboxylic acids is 1. The summed E-state index contributed by atoms with van der Waals surface area (Å²) in [6.45, 7) is 3.50. The van der Waals surface area contributed by atoms with Gasteiger partial charge in [0.15, 0.2) is 0 Å². The van der Waals surface area contributed by atoms with E-state index in [2.05, 4.69) is 10.6 Å². The smallest absolute Gasteiger partial charge is 0.407 e. The first-order chi connectivity index (χ1) is 16.8. The van der Waals surface area contributed by atoms with E-state index in [0.717, 1.165) is 22.3 Å². The van der Waals surface area contributed by atoms with Crippen LogP contribution in [0.15, 0.2) is 48.5 Å². The molecule has 0 saturated heterocycles. The van der Waals surface area contributed by atoms with Crippen LogP contribution in [0.4, 0.5) is 4.79 Å². The third-order valence-electron chi connectivity index (χ3n) is 5.91. The Morgan fingerprint density at radius 1 is 0.943 bits per heavy atom. The van der Waals surface area contributed by atoms with Crippen LogP contribution in [-0.4, -0.2) is 66.2 Å². The average Bonchev–Trinajstić information content (AvgIpc) is 3.16. The van der Waals surface area contributed by atoms with Gasteiger partial charge in [-0.15, -0.1) is 0 Å². The van der Waals surface area contributed by atoms with Gasteiger partial charge in [0.25, 0.3) is 0 Å². The number of ether oxygens (including phenoxy) is 1. The number of benzene rings is 2. The van der Waals surface area contributed by atoms with E-state index in [1.807, 2.05) is 62.4 Å². The fourth-order valence-corrected chi connectivity index (χ4v) is 4.21. The maximum atomic E-state index is 12.4. The second-order valence-electron chi connectivity index (χ2n) is 8.63. The Balaban J connectivity index is 1.43. The van der Waals surface area contributed by atoms with Gasteiger partial charge in [0.05, 0.1) is 6.54 Å². The highest BCUT2D eigenvalue weighted by atomic mass is 16.5. The van der Waals surface area contributed by atoms with Crippen molar-refractivity contribution >= 4 is 23.9 Å². The van der Waals surface area contributed by atoms with Gasteiger partial charge in [-0.25, -0.2) is 4.79 Å². The number of amides is 3. The standard InChI is InChI=1S/C26H31N3O6/c1-17(2)29(13-7-12-25(32)33)24(31)15-27-23(30)14-28-26(34)35-16-22-20-10-5-3-8-18(20)19-9-4-6-11-21(19)22/h3-6,8-11,17,22H,7,12-16H2,1-2H3,(H,27,30)(H,28,34)(H,32,33). The third-order valence-corrected chi connectivity index (χ3v) is 5.91. The molecule has 2 aromatic rings. The molecule has 0 saturated carbocycles. The van der Waals surface area contributed by atoms with Gasteiger partial charge >= 0.3 is 12.1 Å². The molecule has 0 heterocycles. The fourth-order valence-electron chi connectivity index (χ4n) is 4.21. The van der Waals surface area contributed by atoms with Crippen LogP contribution in [0, 0.1) is 0 Å². The number of fused-ring (bicyclic) bond motifs is 3. The Morgan fingerprint density at radius 3 is 2.11 bits per heavy atom. The Labute approximate surface area is 204 Å². The van der Waals surface area contributed by atoms with E-state index in [9.17, 15) is 19.2 Å². The monoisotopic (exact) mass is 481 g/mol. The molecular formula is C26H31N3O6. The molecule has 0 bridgehead atoms. The zero-order chi connectivity index (χ0) is 25.4. The number of alkyl carbamates (subject to hydrolysis) is 1. The second-order valence-corrected chi connectivity index (χ2v) is 8.63.